The molecular weight excluding hydrogens is 754 g/mol. The van der Waals surface area contributed by atoms with E-state index in [9.17, 15) is 58.5 Å². The third kappa shape index (κ3) is 15.8. The molecule has 15 N–H and O–H groups in total. The lowest BCUT2D eigenvalue weighted by Crippen LogP contribution is -2.63. The van der Waals surface area contributed by atoms with E-state index in [4.69, 9.17) is 16.7 Å². The molecule has 1 aliphatic rings. The fourth-order valence-electron chi connectivity index (χ4n) is 5.57. The summed E-state index contributed by atoms with van der Waals surface area (Å²) in [5.41, 5.74) is 13.3. The van der Waals surface area contributed by atoms with E-state index in [1.165, 1.54) is 0 Å². The Morgan fingerprint density at radius 3 is 2.19 bits per heavy atom. The number of carbonyl (C=O) groups is 9. The number of aliphatic hydroxyl groups is 3. The first-order chi connectivity index (χ1) is 27.0. The van der Waals surface area contributed by atoms with Crippen LogP contribution in [0.2, 0.25) is 0 Å². The van der Waals surface area contributed by atoms with E-state index in [0.717, 1.165) is 6.92 Å². The number of carbonyl (C=O) groups excluding carboxylic acids is 8. The molecular formula is C35H53N9O13. The first-order valence-corrected chi connectivity index (χ1v) is 18.3. The summed E-state index contributed by atoms with van der Waals surface area (Å²) in [6, 6.07) is -2.21. The minimum Gasteiger partial charge on any atom is -0.481 e. The molecule has 4 amide bonds. The van der Waals surface area contributed by atoms with Crippen molar-refractivity contribution in [3.63, 3.8) is 0 Å². The van der Waals surface area contributed by atoms with E-state index in [-0.39, 0.29) is 45.1 Å². The van der Waals surface area contributed by atoms with Gasteiger partial charge in [-0.2, -0.15) is 0 Å². The minimum absolute atomic E-state index is 0.0184. The van der Waals surface area contributed by atoms with Gasteiger partial charge in [-0.05, 0) is 51.0 Å². The van der Waals surface area contributed by atoms with Crippen molar-refractivity contribution < 1.29 is 63.6 Å². The van der Waals surface area contributed by atoms with Gasteiger partial charge >= 0.3 is 5.97 Å². The Morgan fingerprint density at radius 2 is 1.60 bits per heavy atom. The van der Waals surface area contributed by atoms with Crippen molar-refractivity contribution in [2.45, 2.75) is 107 Å². The molecule has 1 heterocycles. The average Bonchev–Trinajstić information content (AvgIpc) is 3.19. The molecule has 0 saturated carbocycles. The zero-order valence-electron chi connectivity index (χ0n) is 31.4. The Balaban J connectivity index is 2.28. The van der Waals surface area contributed by atoms with Crippen LogP contribution in [0.15, 0.2) is 30.3 Å². The maximum absolute atomic E-state index is 13.5. The first kappa shape index (κ1) is 48.1. The molecule has 1 aromatic rings. The standard InChI is InChI=1S/C35H53N9O13/c1-18(47)28-32(54)29(51)21(39-33(55)20(36)10-13-27(49)50)11-12-26(48)38-14-6-5-9-22(40-35(57)25(17-46)43-44-28)34(56)41-24(16-45)31(53)30(52)23(42-37)15-19-7-3-2-4-8-19/h2-4,7-8,18,20-25,28,42-47H,5-6,9-17,36-37H2,1H3,(H,38,48)(H,39,55)(H,40,57)(H,41,56)(H,49,50)/t18-,20+,21?,22?,23+,24+,25+,28+/m1/s1. The number of carboxylic acids is 1. The molecule has 0 aliphatic carbocycles. The van der Waals surface area contributed by atoms with E-state index < -0.39 is 127 Å². The second-order valence-corrected chi connectivity index (χ2v) is 13.4. The smallest absolute Gasteiger partial charge is 0.303 e. The van der Waals surface area contributed by atoms with Crippen molar-refractivity contribution in [2.24, 2.45) is 11.6 Å². The number of hydrogen-bond donors (Lipinski definition) is 13. The lowest BCUT2D eigenvalue weighted by Gasteiger charge is -2.27. The number of Topliss-reactive ketones (excluding diaryl/α,β-unsaturated/α-hetero) is 4. The second-order valence-electron chi connectivity index (χ2n) is 13.4. The lowest BCUT2D eigenvalue weighted by atomic mass is 9.96. The van der Waals surface area contributed by atoms with Crippen LogP contribution in [0, 0.1) is 0 Å². The van der Waals surface area contributed by atoms with E-state index in [2.05, 4.69) is 37.5 Å². The summed E-state index contributed by atoms with van der Waals surface area (Å²) in [7, 11) is 0. The summed E-state index contributed by atoms with van der Waals surface area (Å²) in [6.07, 6.45) is -2.87. The average molecular weight is 808 g/mol. The summed E-state index contributed by atoms with van der Waals surface area (Å²) >= 11 is 0. The SMILES string of the molecule is C[C@@H](O)[C@@H]1NN[C@@H](CO)C(=O)NC(C(=O)N[C@@H](CO)C(=O)C(=O)[C@H](Cc2ccccc2)NN)CCCCNC(=O)CCC(NC(=O)[C@@H](N)CCC(=O)O)C(=O)C1=O. The molecule has 1 saturated heterocycles. The molecule has 0 radical (unpaired) electrons. The monoisotopic (exact) mass is 807 g/mol. The zero-order valence-corrected chi connectivity index (χ0v) is 31.4. The van der Waals surface area contributed by atoms with E-state index in [1.54, 1.807) is 30.3 Å². The van der Waals surface area contributed by atoms with Gasteiger partial charge in [0.15, 0.2) is 0 Å². The Morgan fingerprint density at radius 1 is 0.930 bits per heavy atom. The molecule has 2 rings (SSSR count). The summed E-state index contributed by atoms with van der Waals surface area (Å²) < 4.78 is 0. The third-order valence-electron chi connectivity index (χ3n) is 8.95. The van der Waals surface area contributed by atoms with Crippen LogP contribution in [0.3, 0.4) is 0 Å². The van der Waals surface area contributed by atoms with Gasteiger partial charge in [0.05, 0.1) is 37.4 Å². The van der Waals surface area contributed by atoms with Crippen molar-refractivity contribution in [2.75, 3.05) is 19.8 Å². The van der Waals surface area contributed by atoms with Gasteiger partial charge in [-0.1, -0.05) is 30.3 Å². The molecule has 0 spiro atoms. The van der Waals surface area contributed by atoms with Gasteiger partial charge in [0, 0.05) is 19.4 Å². The molecule has 1 fully saturated rings. The molecule has 0 bridgehead atoms. The number of benzene rings is 1. The van der Waals surface area contributed by atoms with Gasteiger partial charge < -0.3 is 47.4 Å². The number of carboxylic acid groups (broad SMARTS) is 1. The number of aliphatic carboxylic acids is 1. The number of ketones is 4. The largest absolute Gasteiger partial charge is 0.481 e. The fraction of sp³-hybridized carbons (Fsp3) is 0.571. The second kappa shape index (κ2) is 24.5. The summed E-state index contributed by atoms with van der Waals surface area (Å²) in [4.78, 5) is 116. The van der Waals surface area contributed by atoms with Crippen LogP contribution in [-0.4, -0.2) is 141 Å². The number of amides is 4. The van der Waals surface area contributed by atoms with Crippen molar-refractivity contribution >= 4 is 52.7 Å². The minimum atomic E-state index is -1.80. The van der Waals surface area contributed by atoms with Gasteiger partial charge in [-0.15, -0.1) is 0 Å². The number of hydrazine groups is 2. The molecule has 0 aromatic heterocycles. The molecule has 22 heteroatoms. The van der Waals surface area contributed by atoms with Crippen LogP contribution >= 0.6 is 0 Å². The van der Waals surface area contributed by atoms with Crippen molar-refractivity contribution in [3.05, 3.63) is 35.9 Å². The quantitative estimate of drug-likeness (QED) is 0.0420. The van der Waals surface area contributed by atoms with E-state index in [0.29, 0.717) is 5.56 Å². The Kier molecular flexibility index (Phi) is 20.7. The van der Waals surface area contributed by atoms with Gasteiger partial charge in [0.25, 0.3) is 0 Å². The van der Waals surface area contributed by atoms with Crippen LogP contribution in [0.25, 0.3) is 0 Å². The summed E-state index contributed by atoms with van der Waals surface area (Å²) in [5.74, 6) is -4.10. The molecule has 1 aliphatic heterocycles. The van der Waals surface area contributed by atoms with Gasteiger partial charge in [0.2, 0.25) is 46.8 Å². The molecule has 2 unspecified atom stereocenters. The Bertz CT molecular complexity index is 1580. The number of hydrogen-bond acceptors (Lipinski definition) is 17. The Labute approximate surface area is 327 Å². The van der Waals surface area contributed by atoms with Crippen LogP contribution in [0.1, 0.15) is 57.4 Å². The van der Waals surface area contributed by atoms with Crippen LogP contribution in [0.5, 0.6) is 0 Å². The molecule has 22 nitrogen and oxygen atoms in total. The lowest BCUT2D eigenvalue weighted by molar-refractivity contribution is -0.142. The maximum atomic E-state index is 13.5. The molecule has 57 heavy (non-hydrogen) atoms. The highest BCUT2D eigenvalue weighted by Gasteiger charge is 2.37. The van der Waals surface area contributed by atoms with Gasteiger partial charge in [0.1, 0.15) is 24.2 Å². The number of aliphatic hydroxyl groups excluding tert-OH is 3. The van der Waals surface area contributed by atoms with Crippen molar-refractivity contribution in [3.8, 4) is 0 Å². The molecule has 316 valence electrons. The highest BCUT2D eigenvalue weighted by molar-refractivity contribution is 6.42. The maximum Gasteiger partial charge on any atom is 0.303 e. The van der Waals surface area contributed by atoms with Gasteiger partial charge in [-0.25, -0.2) is 16.3 Å². The normalized spacial score (nSPS) is 22.6. The van der Waals surface area contributed by atoms with E-state index in [1.807, 2.05) is 0 Å². The topological polar surface area (TPSA) is 371 Å². The molecule has 8 atom stereocenters. The van der Waals surface area contributed by atoms with Crippen molar-refractivity contribution in [1.29, 1.82) is 0 Å². The van der Waals surface area contributed by atoms with Crippen LogP contribution < -0.4 is 49.1 Å². The van der Waals surface area contributed by atoms with Crippen molar-refractivity contribution in [1.82, 2.24) is 37.5 Å². The van der Waals surface area contributed by atoms with Crippen LogP contribution in [-0.2, 0) is 49.6 Å². The predicted molar refractivity (Wildman–Crippen MR) is 198 cm³/mol. The van der Waals surface area contributed by atoms with Gasteiger partial charge in [-0.3, -0.25) is 49.0 Å². The fourth-order valence-corrected chi connectivity index (χ4v) is 5.57. The number of nitrogens with one attached hydrogen (secondary N) is 7. The van der Waals surface area contributed by atoms with Crippen LogP contribution in [0.4, 0.5) is 0 Å². The summed E-state index contributed by atoms with van der Waals surface area (Å²) in [5, 5.41) is 48.8. The molecule has 1 aromatic carbocycles. The highest BCUT2D eigenvalue weighted by atomic mass is 16.4. The first-order valence-electron chi connectivity index (χ1n) is 18.3. The summed E-state index contributed by atoms with van der Waals surface area (Å²) in [6.45, 7) is -0.806. The van der Waals surface area contributed by atoms with E-state index >= 15 is 0 Å². The predicted octanol–water partition coefficient (Wildman–Crippen LogP) is -5.74. The third-order valence-corrected chi connectivity index (χ3v) is 8.95. The highest BCUT2D eigenvalue weighted by Crippen LogP contribution is 2.09. The zero-order chi connectivity index (χ0) is 42.7. The Hall–Kier alpha value is -5.07. The number of rotatable bonds is 16. The number of nitrogens with two attached hydrogens (primary N) is 2.